The minimum absolute atomic E-state index is 0.157. The number of rotatable bonds is 7. The predicted octanol–water partition coefficient (Wildman–Crippen LogP) is 2.10. The normalized spacial score (nSPS) is 16.6. The summed E-state index contributed by atoms with van der Waals surface area (Å²) in [4.78, 5) is 12.0. The largest absolute Gasteiger partial charge is 0.491 e. The van der Waals surface area contributed by atoms with Crippen molar-refractivity contribution in [2.75, 3.05) is 25.5 Å². The zero-order valence-electron chi connectivity index (χ0n) is 13.7. The Balaban J connectivity index is 1.74. The molecule has 1 atom stereocenters. The van der Waals surface area contributed by atoms with Crippen LogP contribution >= 0.6 is 0 Å². The molecule has 4 N–H and O–H groups in total. The molecule has 0 heterocycles. The number of benzene rings is 1. The molecule has 6 heteroatoms. The first-order valence-corrected chi connectivity index (χ1v) is 8.30. The molecule has 1 aliphatic rings. The van der Waals surface area contributed by atoms with E-state index >= 15 is 0 Å². The Kier molecular flexibility index (Phi) is 7.16. The van der Waals surface area contributed by atoms with Gasteiger partial charge in [0.05, 0.1) is 0 Å². The Morgan fingerprint density at radius 1 is 1.26 bits per heavy atom. The fourth-order valence-corrected chi connectivity index (χ4v) is 2.72. The maximum atomic E-state index is 12.0. The van der Waals surface area contributed by atoms with E-state index in [0.717, 1.165) is 18.5 Å². The highest BCUT2D eigenvalue weighted by Crippen LogP contribution is 2.18. The summed E-state index contributed by atoms with van der Waals surface area (Å²) in [6, 6.07) is 7.28. The molecule has 0 radical (unpaired) electrons. The van der Waals surface area contributed by atoms with Gasteiger partial charge in [0.15, 0.2) is 0 Å². The quantitative estimate of drug-likeness (QED) is 0.620. The molecule has 0 bridgehead atoms. The molecule has 0 aliphatic heterocycles. The van der Waals surface area contributed by atoms with E-state index in [-0.39, 0.29) is 12.6 Å². The molecular weight excluding hydrogens is 294 g/mol. The Labute approximate surface area is 137 Å². The molecule has 1 aliphatic carbocycles. The summed E-state index contributed by atoms with van der Waals surface area (Å²) in [5.41, 5.74) is 0.724. The number of hydrogen-bond acceptors (Lipinski definition) is 4. The number of hydrogen-bond donors (Lipinski definition) is 4. The van der Waals surface area contributed by atoms with E-state index in [1.54, 1.807) is 31.3 Å². The highest BCUT2D eigenvalue weighted by Gasteiger charge is 2.15. The Bertz CT molecular complexity index is 472. The van der Waals surface area contributed by atoms with Gasteiger partial charge in [0.1, 0.15) is 18.5 Å². The van der Waals surface area contributed by atoms with Crippen molar-refractivity contribution >= 4 is 11.7 Å². The SMILES string of the molecule is CNCC(O)COc1ccc(NC(=O)NC2CCCCC2)cc1. The highest BCUT2D eigenvalue weighted by molar-refractivity contribution is 5.89. The summed E-state index contributed by atoms with van der Waals surface area (Å²) < 4.78 is 5.48. The fourth-order valence-electron chi connectivity index (χ4n) is 2.72. The topological polar surface area (TPSA) is 82.6 Å². The Morgan fingerprint density at radius 3 is 2.61 bits per heavy atom. The molecule has 6 nitrogen and oxygen atoms in total. The third-order valence-electron chi connectivity index (χ3n) is 3.93. The van der Waals surface area contributed by atoms with Gasteiger partial charge >= 0.3 is 6.03 Å². The van der Waals surface area contributed by atoms with Crippen LogP contribution in [0.1, 0.15) is 32.1 Å². The van der Waals surface area contributed by atoms with Crippen molar-refractivity contribution in [1.29, 1.82) is 0 Å². The molecule has 2 rings (SSSR count). The predicted molar refractivity (Wildman–Crippen MR) is 90.9 cm³/mol. The van der Waals surface area contributed by atoms with Crippen LogP contribution in [0.2, 0.25) is 0 Å². The van der Waals surface area contributed by atoms with Crippen LogP contribution in [0, 0.1) is 0 Å². The minimum Gasteiger partial charge on any atom is -0.491 e. The van der Waals surface area contributed by atoms with E-state index in [2.05, 4.69) is 16.0 Å². The maximum Gasteiger partial charge on any atom is 0.319 e. The van der Waals surface area contributed by atoms with Gasteiger partial charge in [-0.05, 0) is 44.2 Å². The van der Waals surface area contributed by atoms with E-state index < -0.39 is 6.10 Å². The number of amides is 2. The molecule has 0 aromatic heterocycles. The number of anilines is 1. The van der Waals surface area contributed by atoms with Crippen molar-refractivity contribution in [3.63, 3.8) is 0 Å². The van der Waals surface area contributed by atoms with Crippen molar-refractivity contribution < 1.29 is 14.6 Å². The van der Waals surface area contributed by atoms with E-state index in [4.69, 9.17) is 4.74 Å². The average Bonchev–Trinajstić information content (AvgIpc) is 2.55. The third kappa shape index (κ3) is 6.46. The summed E-state index contributed by atoms with van der Waals surface area (Å²) in [5, 5.41) is 18.3. The highest BCUT2D eigenvalue weighted by atomic mass is 16.5. The van der Waals surface area contributed by atoms with Gasteiger partial charge in [0.25, 0.3) is 0 Å². The van der Waals surface area contributed by atoms with Gasteiger partial charge in [-0.15, -0.1) is 0 Å². The standard InChI is InChI=1S/C17H27N3O3/c1-18-11-15(21)12-23-16-9-7-14(8-10-16)20-17(22)19-13-5-3-2-4-6-13/h7-10,13,15,18,21H,2-6,11-12H2,1H3,(H2,19,20,22). The second-order valence-electron chi connectivity index (χ2n) is 5.98. The zero-order valence-corrected chi connectivity index (χ0v) is 13.7. The summed E-state index contributed by atoms with van der Waals surface area (Å²) in [6.45, 7) is 0.719. The first-order chi connectivity index (χ1) is 11.2. The second-order valence-corrected chi connectivity index (χ2v) is 5.98. The van der Waals surface area contributed by atoms with Crippen LogP contribution < -0.4 is 20.7 Å². The first kappa shape index (κ1) is 17.6. The molecule has 0 saturated heterocycles. The molecule has 23 heavy (non-hydrogen) atoms. The van der Waals surface area contributed by atoms with Crippen LogP contribution in [-0.2, 0) is 0 Å². The van der Waals surface area contributed by atoms with Crippen LogP contribution in [0.3, 0.4) is 0 Å². The molecule has 128 valence electrons. The molecule has 1 aromatic carbocycles. The molecule has 1 saturated carbocycles. The molecule has 1 aromatic rings. The number of urea groups is 1. The van der Waals surface area contributed by atoms with Gasteiger partial charge in [-0.1, -0.05) is 19.3 Å². The smallest absolute Gasteiger partial charge is 0.319 e. The number of ether oxygens (including phenoxy) is 1. The first-order valence-electron chi connectivity index (χ1n) is 8.30. The van der Waals surface area contributed by atoms with Gasteiger partial charge < -0.3 is 25.8 Å². The van der Waals surface area contributed by atoms with Gasteiger partial charge in [0.2, 0.25) is 0 Å². The van der Waals surface area contributed by atoms with E-state index in [0.29, 0.717) is 18.3 Å². The number of likely N-dealkylation sites (N-methyl/N-ethyl adjacent to an activating group) is 1. The molecule has 1 fully saturated rings. The lowest BCUT2D eigenvalue weighted by atomic mass is 9.96. The van der Waals surface area contributed by atoms with Crippen LogP contribution in [0.4, 0.5) is 10.5 Å². The molecular formula is C17H27N3O3. The van der Waals surface area contributed by atoms with Gasteiger partial charge in [-0.2, -0.15) is 0 Å². The van der Waals surface area contributed by atoms with Crippen molar-refractivity contribution in [2.24, 2.45) is 0 Å². The zero-order chi connectivity index (χ0) is 16.5. The van der Waals surface area contributed by atoms with Crippen LogP contribution in [0.5, 0.6) is 5.75 Å². The van der Waals surface area contributed by atoms with Crippen LogP contribution in [-0.4, -0.2) is 43.5 Å². The fraction of sp³-hybridized carbons (Fsp3) is 0.588. The van der Waals surface area contributed by atoms with Gasteiger partial charge in [-0.3, -0.25) is 0 Å². The lowest BCUT2D eigenvalue weighted by molar-refractivity contribution is 0.108. The molecule has 1 unspecified atom stereocenters. The van der Waals surface area contributed by atoms with Crippen molar-refractivity contribution in [2.45, 2.75) is 44.2 Å². The number of nitrogens with one attached hydrogen (secondary N) is 3. The summed E-state index contributed by atoms with van der Waals surface area (Å²) >= 11 is 0. The Morgan fingerprint density at radius 2 is 1.96 bits per heavy atom. The number of carbonyl (C=O) groups excluding carboxylic acids is 1. The van der Waals surface area contributed by atoms with Crippen molar-refractivity contribution in [1.82, 2.24) is 10.6 Å². The van der Waals surface area contributed by atoms with E-state index in [1.165, 1.54) is 19.3 Å². The Hall–Kier alpha value is -1.79. The molecule has 0 spiro atoms. The summed E-state index contributed by atoms with van der Waals surface area (Å²) in [7, 11) is 1.78. The average molecular weight is 321 g/mol. The maximum absolute atomic E-state index is 12.0. The van der Waals surface area contributed by atoms with Crippen molar-refractivity contribution in [3.05, 3.63) is 24.3 Å². The number of aliphatic hydroxyl groups excluding tert-OH is 1. The molecule has 2 amide bonds. The lowest BCUT2D eigenvalue weighted by Gasteiger charge is -2.22. The van der Waals surface area contributed by atoms with E-state index in [9.17, 15) is 9.90 Å². The summed E-state index contributed by atoms with van der Waals surface area (Å²) in [6.07, 6.45) is 5.24. The number of aliphatic hydroxyl groups is 1. The number of carbonyl (C=O) groups is 1. The van der Waals surface area contributed by atoms with Crippen LogP contribution in [0.15, 0.2) is 24.3 Å². The lowest BCUT2D eigenvalue weighted by Crippen LogP contribution is -2.38. The monoisotopic (exact) mass is 321 g/mol. The van der Waals surface area contributed by atoms with Crippen molar-refractivity contribution in [3.8, 4) is 5.75 Å². The second kappa shape index (κ2) is 9.37. The van der Waals surface area contributed by atoms with E-state index in [1.807, 2.05) is 0 Å². The summed E-state index contributed by atoms with van der Waals surface area (Å²) in [5.74, 6) is 0.665. The van der Waals surface area contributed by atoms with Gasteiger partial charge in [-0.25, -0.2) is 4.79 Å². The minimum atomic E-state index is -0.543. The van der Waals surface area contributed by atoms with Gasteiger partial charge in [0, 0.05) is 18.3 Å². The van der Waals surface area contributed by atoms with Crippen LogP contribution in [0.25, 0.3) is 0 Å². The third-order valence-corrected chi connectivity index (χ3v) is 3.93.